The number of anilines is 1. The summed E-state index contributed by atoms with van der Waals surface area (Å²) < 4.78 is 6.01. The molecule has 2 N–H and O–H groups in total. The number of nitrogens with zero attached hydrogens (tertiary/aromatic N) is 1. The van der Waals surface area contributed by atoms with E-state index >= 15 is 0 Å². The van der Waals surface area contributed by atoms with E-state index in [-0.39, 0.29) is 11.7 Å². The topological polar surface area (TPSA) is 63.9 Å². The number of aromatic amines is 1. The van der Waals surface area contributed by atoms with Crippen LogP contribution in [0.2, 0.25) is 0 Å². The fraction of sp³-hybridized carbons (Fsp3) is 0.143. The fourth-order valence-corrected chi connectivity index (χ4v) is 2.50. The minimum atomic E-state index is -0.124. The Kier molecular flexibility index (Phi) is 3.31. The highest BCUT2D eigenvalue weighted by molar-refractivity contribution is 9.10. The van der Waals surface area contributed by atoms with Crippen LogP contribution in [0.3, 0.4) is 0 Å². The van der Waals surface area contributed by atoms with Gasteiger partial charge in [0, 0.05) is 11.6 Å². The molecule has 1 aliphatic heterocycles. The summed E-state index contributed by atoms with van der Waals surface area (Å²) in [6.45, 7) is 0.949. The van der Waals surface area contributed by atoms with Gasteiger partial charge in [-0.3, -0.25) is 4.79 Å². The molecule has 1 amide bonds. The molecule has 2 aromatic rings. The third kappa shape index (κ3) is 2.22. The number of carbonyl (C=O) groups is 1. The summed E-state index contributed by atoms with van der Waals surface area (Å²) in [5.74, 6) is 0.643. The van der Waals surface area contributed by atoms with Crippen molar-refractivity contribution >= 4 is 27.5 Å². The molecule has 6 heteroatoms. The van der Waals surface area contributed by atoms with Crippen LogP contribution in [-0.4, -0.2) is 24.2 Å². The summed E-state index contributed by atoms with van der Waals surface area (Å²) in [5.41, 5.74) is 1.25. The van der Waals surface area contributed by atoms with Crippen molar-refractivity contribution in [3.63, 3.8) is 0 Å². The van der Waals surface area contributed by atoms with Gasteiger partial charge in [0.1, 0.15) is 12.4 Å². The van der Waals surface area contributed by atoms with Crippen molar-refractivity contribution in [1.82, 2.24) is 0 Å². The maximum atomic E-state index is 12.6. The molecule has 3 rings (SSSR count). The zero-order valence-electron chi connectivity index (χ0n) is 10.5. The van der Waals surface area contributed by atoms with Crippen LogP contribution in [0, 0.1) is 0 Å². The van der Waals surface area contributed by atoms with Crippen LogP contribution in [0.1, 0.15) is 10.4 Å². The number of aromatic nitrogens is 1. The lowest BCUT2D eigenvalue weighted by Crippen LogP contribution is -2.38. The van der Waals surface area contributed by atoms with E-state index in [1.54, 1.807) is 29.4 Å². The maximum Gasteiger partial charge on any atom is 0.258 e. The highest BCUT2D eigenvalue weighted by atomic mass is 79.9. The van der Waals surface area contributed by atoms with Gasteiger partial charge in [-0.15, -0.1) is 0 Å². The average Bonchev–Trinajstić information content (AvgIpc) is 2.49. The number of fused-ring (bicyclic) bond motifs is 1. The summed E-state index contributed by atoms with van der Waals surface area (Å²) >= 11 is 3.22. The van der Waals surface area contributed by atoms with Crippen LogP contribution in [0.25, 0.3) is 0 Å². The Labute approximate surface area is 123 Å². The zero-order valence-corrected chi connectivity index (χ0v) is 12.1. The number of H-pyrrole nitrogens is 1. The first kappa shape index (κ1) is 12.9. The van der Waals surface area contributed by atoms with Crippen molar-refractivity contribution < 1.29 is 19.6 Å². The second-order valence-corrected chi connectivity index (χ2v) is 5.22. The Morgan fingerprint density at radius 3 is 3.05 bits per heavy atom. The van der Waals surface area contributed by atoms with Crippen LogP contribution in [-0.2, 0) is 0 Å². The molecule has 0 atom stereocenters. The second kappa shape index (κ2) is 5.13. The van der Waals surface area contributed by atoms with Crippen molar-refractivity contribution in [1.29, 1.82) is 0 Å². The monoisotopic (exact) mass is 335 g/mol. The zero-order chi connectivity index (χ0) is 14.1. The Bertz CT molecular complexity index is 675. The van der Waals surface area contributed by atoms with E-state index in [9.17, 15) is 9.90 Å². The van der Waals surface area contributed by atoms with Gasteiger partial charge in [0.25, 0.3) is 5.91 Å². The third-order valence-corrected chi connectivity index (χ3v) is 3.74. The Balaban J connectivity index is 1.97. The number of hydrogen-bond acceptors (Lipinski definition) is 3. The van der Waals surface area contributed by atoms with Crippen molar-refractivity contribution in [3.8, 4) is 11.5 Å². The van der Waals surface area contributed by atoms with Crippen LogP contribution in [0.15, 0.2) is 41.1 Å². The number of amides is 1. The van der Waals surface area contributed by atoms with Gasteiger partial charge >= 0.3 is 0 Å². The summed E-state index contributed by atoms with van der Waals surface area (Å²) in [6, 6.07) is 6.52. The quantitative estimate of drug-likeness (QED) is 0.866. The van der Waals surface area contributed by atoms with Gasteiger partial charge in [0.05, 0.1) is 16.7 Å². The minimum absolute atomic E-state index is 0.110. The molecule has 0 bridgehead atoms. The molecule has 0 radical (unpaired) electrons. The largest absolute Gasteiger partial charge is 0.507 e. The van der Waals surface area contributed by atoms with Crippen molar-refractivity contribution in [2.24, 2.45) is 0 Å². The van der Waals surface area contributed by atoms with Crippen LogP contribution in [0.5, 0.6) is 11.5 Å². The number of pyridine rings is 1. The summed E-state index contributed by atoms with van der Waals surface area (Å²) in [5, 5.41) is 9.50. The van der Waals surface area contributed by atoms with Gasteiger partial charge in [-0.05, 0) is 34.1 Å². The Morgan fingerprint density at radius 2 is 2.25 bits per heavy atom. The minimum Gasteiger partial charge on any atom is -0.507 e. The first-order chi connectivity index (χ1) is 9.66. The molecule has 0 unspecified atom stereocenters. The number of aromatic hydroxyl groups is 1. The molecular formula is C14H12BrN2O3+. The summed E-state index contributed by atoms with van der Waals surface area (Å²) in [6.07, 6.45) is 3.47. The fourth-order valence-electron chi connectivity index (χ4n) is 2.12. The number of rotatable bonds is 1. The molecule has 0 spiro atoms. The molecule has 1 aliphatic rings. The number of halogens is 1. The van der Waals surface area contributed by atoms with E-state index in [0.29, 0.717) is 28.9 Å². The van der Waals surface area contributed by atoms with Crippen molar-refractivity contribution in [3.05, 3.63) is 46.7 Å². The van der Waals surface area contributed by atoms with E-state index in [0.717, 1.165) is 5.69 Å². The van der Waals surface area contributed by atoms with Crippen LogP contribution in [0.4, 0.5) is 5.69 Å². The smallest absolute Gasteiger partial charge is 0.258 e. The van der Waals surface area contributed by atoms with Crippen molar-refractivity contribution in [2.45, 2.75) is 0 Å². The SMILES string of the molecule is O=C(c1ccc(O)c(Br)c1)N1CCOc2c[nH+]ccc21. The first-order valence-electron chi connectivity index (χ1n) is 6.10. The van der Waals surface area contributed by atoms with E-state index in [1.807, 2.05) is 6.07 Å². The lowest BCUT2D eigenvalue weighted by molar-refractivity contribution is -0.378. The van der Waals surface area contributed by atoms with E-state index < -0.39 is 0 Å². The van der Waals surface area contributed by atoms with Gasteiger partial charge in [0.15, 0.2) is 6.20 Å². The Hall–Kier alpha value is -2.08. The predicted molar refractivity (Wildman–Crippen MR) is 76.0 cm³/mol. The molecule has 5 nitrogen and oxygen atoms in total. The molecular weight excluding hydrogens is 324 g/mol. The molecule has 0 saturated heterocycles. The lowest BCUT2D eigenvalue weighted by Gasteiger charge is -2.28. The van der Waals surface area contributed by atoms with Gasteiger partial charge in [-0.2, -0.15) is 0 Å². The third-order valence-electron chi connectivity index (χ3n) is 3.11. The van der Waals surface area contributed by atoms with E-state index in [2.05, 4.69) is 20.9 Å². The van der Waals surface area contributed by atoms with Crippen LogP contribution >= 0.6 is 15.9 Å². The highest BCUT2D eigenvalue weighted by Crippen LogP contribution is 2.31. The van der Waals surface area contributed by atoms with Crippen molar-refractivity contribution in [2.75, 3.05) is 18.1 Å². The van der Waals surface area contributed by atoms with E-state index in [4.69, 9.17) is 4.74 Å². The number of phenolic OH excluding ortho intramolecular Hbond substituents is 1. The molecule has 0 saturated carbocycles. The average molecular weight is 336 g/mol. The van der Waals surface area contributed by atoms with E-state index in [1.165, 1.54) is 6.07 Å². The van der Waals surface area contributed by atoms with Gasteiger partial charge < -0.3 is 14.7 Å². The molecule has 1 aromatic heterocycles. The molecule has 102 valence electrons. The normalized spacial score (nSPS) is 13.6. The van der Waals surface area contributed by atoms with Gasteiger partial charge in [0.2, 0.25) is 11.9 Å². The standard InChI is InChI=1S/C14H11BrN2O3/c15-10-7-9(1-2-12(10)18)14(19)17-5-6-20-13-8-16-4-3-11(13)17/h1-4,7-8,18H,5-6H2/p+1. The number of phenols is 1. The molecule has 20 heavy (non-hydrogen) atoms. The number of carbonyl (C=O) groups excluding carboxylic acids is 1. The Morgan fingerprint density at radius 1 is 1.40 bits per heavy atom. The maximum absolute atomic E-state index is 12.6. The number of nitrogens with one attached hydrogen (secondary N) is 1. The van der Waals surface area contributed by atoms with Crippen LogP contribution < -0.4 is 14.6 Å². The van der Waals surface area contributed by atoms with Gasteiger partial charge in [-0.1, -0.05) is 0 Å². The first-order valence-corrected chi connectivity index (χ1v) is 6.89. The molecule has 1 aromatic carbocycles. The number of hydrogen-bond donors (Lipinski definition) is 1. The summed E-state index contributed by atoms with van der Waals surface area (Å²) in [4.78, 5) is 17.2. The van der Waals surface area contributed by atoms with Gasteiger partial charge in [-0.25, -0.2) is 4.98 Å². The predicted octanol–water partition coefficient (Wildman–Crippen LogP) is 2.01. The molecule has 0 fully saturated rings. The molecule has 2 heterocycles. The lowest BCUT2D eigenvalue weighted by atomic mass is 10.1. The second-order valence-electron chi connectivity index (χ2n) is 4.37. The highest BCUT2D eigenvalue weighted by Gasteiger charge is 2.26. The molecule has 0 aliphatic carbocycles. The summed E-state index contributed by atoms with van der Waals surface area (Å²) in [7, 11) is 0. The number of ether oxygens (including phenoxy) is 1. The number of benzene rings is 1.